The number of hydrogen-bond donors (Lipinski definition) is 1. The molecule has 1 aliphatic heterocycles. The van der Waals surface area contributed by atoms with Gasteiger partial charge in [0.05, 0.1) is 6.04 Å². The quantitative estimate of drug-likeness (QED) is 0.925. The summed E-state index contributed by atoms with van der Waals surface area (Å²) in [7, 11) is 0. The van der Waals surface area contributed by atoms with Gasteiger partial charge in [-0.25, -0.2) is 0 Å². The second kappa shape index (κ2) is 5.89. The van der Waals surface area contributed by atoms with Crippen molar-refractivity contribution in [3.8, 4) is 11.8 Å². The zero-order chi connectivity index (χ0) is 13.8. The van der Waals surface area contributed by atoms with Crippen LogP contribution in [-0.2, 0) is 0 Å². The Morgan fingerprint density at radius 3 is 2.80 bits per heavy atom. The van der Waals surface area contributed by atoms with Crippen LogP contribution in [0.5, 0.6) is 5.75 Å². The van der Waals surface area contributed by atoms with Gasteiger partial charge in [0, 0.05) is 16.3 Å². The van der Waals surface area contributed by atoms with E-state index in [1.807, 2.05) is 42.1 Å². The van der Waals surface area contributed by atoms with Gasteiger partial charge in [-0.1, -0.05) is 18.2 Å². The lowest BCUT2D eigenvalue weighted by atomic mass is 10.1. The Hall–Kier alpha value is -2.12. The summed E-state index contributed by atoms with van der Waals surface area (Å²) in [5, 5.41) is 12.0. The number of thioether (sulfide) groups is 1. The van der Waals surface area contributed by atoms with Crippen LogP contribution in [0.1, 0.15) is 11.6 Å². The first-order chi connectivity index (χ1) is 9.86. The molecule has 1 N–H and O–H groups in total. The molecule has 0 bridgehead atoms. The van der Waals surface area contributed by atoms with E-state index in [2.05, 4.69) is 29.6 Å². The van der Waals surface area contributed by atoms with Gasteiger partial charge >= 0.3 is 0 Å². The van der Waals surface area contributed by atoms with Crippen LogP contribution in [0, 0.1) is 11.3 Å². The van der Waals surface area contributed by atoms with Gasteiger partial charge in [0.1, 0.15) is 11.8 Å². The molecule has 0 aromatic heterocycles. The SMILES string of the molecule is N#CCOc1ccc(NC2CSc3ccccc32)cc1. The van der Waals surface area contributed by atoms with Crippen molar-refractivity contribution in [1.82, 2.24) is 0 Å². The van der Waals surface area contributed by atoms with Crippen molar-refractivity contribution < 1.29 is 4.74 Å². The molecule has 0 amide bonds. The van der Waals surface area contributed by atoms with Gasteiger partial charge in [-0.2, -0.15) is 5.26 Å². The number of hydrogen-bond acceptors (Lipinski definition) is 4. The van der Waals surface area contributed by atoms with Crippen molar-refractivity contribution >= 4 is 17.4 Å². The van der Waals surface area contributed by atoms with E-state index in [0.29, 0.717) is 6.04 Å². The summed E-state index contributed by atoms with van der Waals surface area (Å²) in [4.78, 5) is 1.36. The Bertz CT molecular complexity index is 634. The molecule has 3 rings (SSSR count). The summed E-state index contributed by atoms with van der Waals surface area (Å²) >= 11 is 1.89. The van der Waals surface area contributed by atoms with Crippen LogP contribution in [0.2, 0.25) is 0 Å². The number of ether oxygens (including phenoxy) is 1. The van der Waals surface area contributed by atoms with Gasteiger partial charge < -0.3 is 10.1 Å². The maximum Gasteiger partial charge on any atom is 0.174 e. The Morgan fingerprint density at radius 1 is 1.20 bits per heavy atom. The fraction of sp³-hybridized carbons (Fsp3) is 0.188. The van der Waals surface area contributed by atoms with Crippen molar-refractivity contribution in [3.05, 3.63) is 54.1 Å². The van der Waals surface area contributed by atoms with Crippen LogP contribution in [0.4, 0.5) is 5.69 Å². The third-order valence-electron chi connectivity index (χ3n) is 3.20. The molecule has 0 spiro atoms. The predicted octanol–water partition coefficient (Wildman–Crippen LogP) is 3.85. The molecule has 3 nitrogen and oxygen atoms in total. The van der Waals surface area contributed by atoms with Crippen molar-refractivity contribution in [2.24, 2.45) is 0 Å². The van der Waals surface area contributed by atoms with Crippen LogP contribution in [0.3, 0.4) is 0 Å². The molecule has 20 heavy (non-hydrogen) atoms. The zero-order valence-electron chi connectivity index (χ0n) is 10.9. The highest BCUT2D eigenvalue weighted by Crippen LogP contribution is 2.39. The van der Waals surface area contributed by atoms with Crippen LogP contribution < -0.4 is 10.1 Å². The average Bonchev–Trinajstić information content (AvgIpc) is 2.90. The molecule has 0 aliphatic carbocycles. The lowest BCUT2D eigenvalue weighted by Gasteiger charge is -2.15. The third kappa shape index (κ3) is 2.73. The molecular formula is C16H14N2OS. The average molecular weight is 282 g/mol. The maximum atomic E-state index is 8.48. The minimum Gasteiger partial charge on any atom is -0.479 e. The molecule has 1 aliphatic rings. The Labute approximate surface area is 122 Å². The number of benzene rings is 2. The molecule has 4 heteroatoms. The molecule has 100 valence electrons. The van der Waals surface area contributed by atoms with Crippen LogP contribution >= 0.6 is 11.8 Å². The normalized spacial score (nSPS) is 16.2. The van der Waals surface area contributed by atoms with E-state index >= 15 is 0 Å². The van der Waals surface area contributed by atoms with E-state index < -0.39 is 0 Å². The highest BCUT2D eigenvalue weighted by Gasteiger charge is 2.22. The first-order valence-corrected chi connectivity index (χ1v) is 7.43. The lowest BCUT2D eigenvalue weighted by molar-refractivity contribution is 0.368. The van der Waals surface area contributed by atoms with Crippen molar-refractivity contribution in [1.29, 1.82) is 5.26 Å². The molecule has 2 aromatic carbocycles. The summed E-state index contributed by atoms with van der Waals surface area (Å²) in [6.07, 6.45) is 0. The zero-order valence-corrected chi connectivity index (χ0v) is 11.7. The largest absolute Gasteiger partial charge is 0.479 e. The van der Waals surface area contributed by atoms with Crippen LogP contribution in [0.15, 0.2) is 53.4 Å². The summed E-state index contributed by atoms with van der Waals surface area (Å²) in [5.74, 6) is 1.77. The van der Waals surface area contributed by atoms with E-state index in [4.69, 9.17) is 10.00 Å². The Morgan fingerprint density at radius 2 is 2.00 bits per heavy atom. The van der Waals surface area contributed by atoms with Crippen molar-refractivity contribution in [2.75, 3.05) is 17.7 Å². The van der Waals surface area contributed by atoms with Gasteiger partial charge in [-0.3, -0.25) is 0 Å². The highest BCUT2D eigenvalue weighted by atomic mass is 32.2. The molecule has 0 saturated heterocycles. The molecule has 0 radical (unpaired) electrons. The fourth-order valence-corrected chi connectivity index (χ4v) is 3.41. The van der Waals surface area contributed by atoms with Gasteiger partial charge in [0.15, 0.2) is 6.61 Å². The van der Waals surface area contributed by atoms with E-state index in [1.165, 1.54) is 10.5 Å². The minimum atomic E-state index is 0.0828. The van der Waals surface area contributed by atoms with Gasteiger partial charge in [-0.15, -0.1) is 11.8 Å². The first-order valence-electron chi connectivity index (χ1n) is 6.45. The van der Waals surface area contributed by atoms with Crippen molar-refractivity contribution in [3.63, 3.8) is 0 Å². The second-order valence-corrected chi connectivity index (χ2v) is 5.58. The smallest absolute Gasteiger partial charge is 0.174 e. The summed E-state index contributed by atoms with van der Waals surface area (Å²) < 4.78 is 5.24. The molecule has 0 saturated carbocycles. The van der Waals surface area contributed by atoms with E-state index in [0.717, 1.165) is 17.2 Å². The Balaban J connectivity index is 1.69. The highest BCUT2D eigenvalue weighted by molar-refractivity contribution is 7.99. The summed E-state index contributed by atoms with van der Waals surface area (Å²) in [5.41, 5.74) is 2.43. The summed E-state index contributed by atoms with van der Waals surface area (Å²) in [6, 6.07) is 18.5. The van der Waals surface area contributed by atoms with Gasteiger partial charge in [0.2, 0.25) is 0 Å². The molecule has 1 heterocycles. The van der Waals surface area contributed by atoms with Gasteiger partial charge in [0.25, 0.3) is 0 Å². The Kier molecular flexibility index (Phi) is 3.80. The summed E-state index contributed by atoms with van der Waals surface area (Å²) in [6.45, 7) is 0.0828. The number of nitrogens with one attached hydrogen (secondary N) is 1. The van der Waals surface area contributed by atoms with Crippen LogP contribution in [-0.4, -0.2) is 12.4 Å². The molecule has 0 fully saturated rings. The van der Waals surface area contributed by atoms with Gasteiger partial charge in [-0.05, 0) is 35.9 Å². The molecular weight excluding hydrogens is 268 g/mol. The minimum absolute atomic E-state index is 0.0828. The fourth-order valence-electron chi connectivity index (χ4n) is 2.25. The number of nitrogens with zero attached hydrogens (tertiary/aromatic N) is 1. The number of anilines is 1. The first kappa shape index (κ1) is 12.9. The monoisotopic (exact) mass is 282 g/mol. The molecule has 1 unspecified atom stereocenters. The van der Waals surface area contributed by atoms with Crippen molar-refractivity contribution in [2.45, 2.75) is 10.9 Å². The van der Waals surface area contributed by atoms with E-state index in [9.17, 15) is 0 Å². The maximum absolute atomic E-state index is 8.48. The van der Waals surface area contributed by atoms with E-state index in [1.54, 1.807) is 0 Å². The second-order valence-electron chi connectivity index (χ2n) is 4.52. The predicted molar refractivity (Wildman–Crippen MR) is 81.1 cm³/mol. The number of rotatable bonds is 4. The van der Waals surface area contributed by atoms with E-state index in [-0.39, 0.29) is 6.61 Å². The standard InChI is InChI=1S/C16H14N2OS/c17-9-10-19-13-7-5-12(6-8-13)18-15-11-20-16-4-2-1-3-14(15)16/h1-8,15,18H,10-11H2. The lowest BCUT2D eigenvalue weighted by Crippen LogP contribution is -2.09. The molecule has 2 aromatic rings. The molecule has 1 atom stereocenters. The third-order valence-corrected chi connectivity index (χ3v) is 4.38. The topological polar surface area (TPSA) is 45.0 Å². The number of fused-ring (bicyclic) bond motifs is 1. The number of nitriles is 1. The van der Waals surface area contributed by atoms with Crippen LogP contribution in [0.25, 0.3) is 0 Å².